The first-order valence-corrected chi connectivity index (χ1v) is 15.7. The number of benzene rings is 1. The molecule has 0 saturated carbocycles. The zero-order chi connectivity index (χ0) is 34.7. The van der Waals surface area contributed by atoms with E-state index in [0.29, 0.717) is 66.1 Å². The van der Waals surface area contributed by atoms with Crippen LogP contribution in [0.3, 0.4) is 0 Å². The maximum absolute atomic E-state index is 13.5. The van der Waals surface area contributed by atoms with E-state index in [4.69, 9.17) is 37.9 Å². The van der Waals surface area contributed by atoms with E-state index in [1.165, 1.54) is 0 Å². The highest BCUT2D eigenvalue weighted by Gasteiger charge is 2.28. The zero-order valence-electron chi connectivity index (χ0n) is 27.1. The Hall–Kier alpha value is -2.47. The van der Waals surface area contributed by atoms with Gasteiger partial charge in [0, 0.05) is 0 Å². The summed E-state index contributed by atoms with van der Waals surface area (Å²) >= 11 is 0. The van der Waals surface area contributed by atoms with E-state index in [1.807, 2.05) is 6.92 Å². The van der Waals surface area contributed by atoms with E-state index in [-0.39, 0.29) is 44.9 Å². The number of unbranched alkanes of at least 4 members (excludes halogenated alkanes) is 1. The maximum atomic E-state index is 13.5. The van der Waals surface area contributed by atoms with Gasteiger partial charge in [-0.3, -0.25) is 9.59 Å². The molecule has 0 amide bonds. The molecule has 0 bridgehead atoms. The molecule has 0 aromatic heterocycles. The predicted molar refractivity (Wildman–Crippen MR) is 156 cm³/mol. The molecule has 0 N–H and O–H groups in total. The van der Waals surface area contributed by atoms with Crippen molar-refractivity contribution in [3.05, 3.63) is 29.1 Å². The SMILES string of the molecule is CCCCC(CC)C(=O)OCCOCCOCCOCCOCCOCCOCCOCCC(=O)Oc1c(F)c(F)c(F)c(F)c1F. The van der Waals surface area contributed by atoms with E-state index in [0.717, 1.165) is 25.7 Å². The molecule has 1 atom stereocenters. The Morgan fingerprint density at radius 2 is 0.894 bits per heavy atom. The van der Waals surface area contributed by atoms with Gasteiger partial charge in [-0.2, -0.15) is 8.78 Å². The normalized spacial score (nSPS) is 12.0. The van der Waals surface area contributed by atoms with E-state index >= 15 is 0 Å². The van der Waals surface area contributed by atoms with Crippen LogP contribution in [0, 0.1) is 35.0 Å². The number of rotatable bonds is 30. The molecule has 0 aliphatic rings. The summed E-state index contributed by atoms with van der Waals surface area (Å²) in [5.74, 6) is -14.3. The molecule has 0 saturated heterocycles. The molecule has 1 aromatic carbocycles. The van der Waals surface area contributed by atoms with Gasteiger partial charge >= 0.3 is 11.9 Å². The lowest BCUT2D eigenvalue weighted by atomic mass is 10.00. The van der Waals surface area contributed by atoms with Crippen LogP contribution in [0.4, 0.5) is 22.0 Å². The van der Waals surface area contributed by atoms with Crippen LogP contribution in [0.25, 0.3) is 0 Å². The van der Waals surface area contributed by atoms with Crippen molar-refractivity contribution in [2.45, 2.75) is 46.0 Å². The summed E-state index contributed by atoms with van der Waals surface area (Å²) in [6.07, 6.45) is 3.23. The van der Waals surface area contributed by atoms with Crippen LogP contribution in [0.1, 0.15) is 46.0 Å². The maximum Gasteiger partial charge on any atom is 0.313 e. The van der Waals surface area contributed by atoms with Crippen LogP contribution in [0.2, 0.25) is 0 Å². The third-order valence-electron chi connectivity index (χ3n) is 6.27. The van der Waals surface area contributed by atoms with Gasteiger partial charge in [-0.25, -0.2) is 13.2 Å². The lowest BCUT2D eigenvalue weighted by molar-refractivity contribution is -0.150. The third-order valence-corrected chi connectivity index (χ3v) is 6.27. The van der Waals surface area contributed by atoms with E-state index < -0.39 is 47.2 Å². The summed E-state index contributed by atoms with van der Waals surface area (Å²) in [4.78, 5) is 23.6. The summed E-state index contributed by atoms with van der Waals surface area (Å²) in [6, 6.07) is 0. The quantitative estimate of drug-likeness (QED) is 0.0283. The molecule has 0 fully saturated rings. The van der Waals surface area contributed by atoms with Gasteiger partial charge in [0.05, 0.1) is 105 Å². The van der Waals surface area contributed by atoms with Gasteiger partial charge < -0.3 is 42.6 Å². The number of carbonyl (C=O) groups excluding carboxylic acids is 2. The molecule has 47 heavy (non-hydrogen) atoms. The van der Waals surface area contributed by atoms with Gasteiger partial charge in [0.1, 0.15) is 6.61 Å². The summed E-state index contributed by atoms with van der Waals surface area (Å²) < 4.78 is 113. The minimum absolute atomic E-state index is 0.0372. The fraction of sp³-hybridized carbons (Fsp3) is 0.742. The van der Waals surface area contributed by atoms with Gasteiger partial charge in [0.15, 0.2) is 0 Å². The van der Waals surface area contributed by atoms with Crippen LogP contribution in [0.15, 0.2) is 0 Å². The molecule has 1 rings (SSSR count). The van der Waals surface area contributed by atoms with Crippen LogP contribution in [0.5, 0.6) is 5.75 Å². The average Bonchev–Trinajstić information content (AvgIpc) is 3.07. The summed E-state index contributed by atoms with van der Waals surface area (Å²) in [7, 11) is 0. The van der Waals surface area contributed by atoms with E-state index in [2.05, 4.69) is 11.7 Å². The number of halogens is 5. The minimum Gasteiger partial charge on any atom is -0.463 e. The first kappa shape index (κ1) is 42.6. The monoisotopic (exact) mass is 690 g/mol. The second-order valence-corrected chi connectivity index (χ2v) is 9.82. The van der Waals surface area contributed by atoms with Crippen LogP contribution in [-0.4, -0.2) is 111 Å². The Bertz CT molecular complexity index is 974. The molecule has 0 spiro atoms. The number of carbonyl (C=O) groups is 2. The first-order valence-electron chi connectivity index (χ1n) is 15.7. The fourth-order valence-electron chi connectivity index (χ4n) is 3.67. The van der Waals surface area contributed by atoms with Crippen molar-refractivity contribution in [1.82, 2.24) is 0 Å². The topological polar surface area (TPSA) is 117 Å². The Labute approximate surface area is 272 Å². The number of hydrogen-bond donors (Lipinski definition) is 0. The Morgan fingerprint density at radius 1 is 0.532 bits per heavy atom. The second kappa shape index (κ2) is 27.5. The Morgan fingerprint density at radius 3 is 1.28 bits per heavy atom. The van der Waals surface area contributed by atoms with Crippen molar-refractivity contribution < 1.29 is 74.2 Å². The van der Waals surface area contributed by atoms with Crippen LogP contribution in [-0.2, 0) is 47.5 Å². The van der Waals surface area contributed by atoms with Crippen molar-refractivity contribution in [2.24, 2.45) is 5.92 Å². The van der Waals surface area contributed by atoms with Crippen LogP contribution < -0.4 is 4.74 Å². The predicted octanol–water partition coefficient (Wildman–Crippen LogP) is 4.55. The van der Waals surface area contributed by atoms with Gasteiger partial charge in [-0.15, -0.1) is 0 Å². The molecule has 0 heterocycles. The van der Waals surface area contributed by atoms with E-state index in [9.17, 15) is 31.5 Å². The van der Waals surface area contributed by atoms with Crippen LogP contribution >= 0.6 is 0 Å². The van der Waals surface area contributed by atoms with Crippen molar-refractivity contribution >= 4 is 11.9 Å². The zero-order valence-corrected chi connectivity index (χ0v) is 27.1. The van der Waals surface area contributed by atoms with Gasteiger partial charge in [-0.05, 0) is 12.8 Å². The largest absolute Gasteiger partial charge is 0.463 e. The third kappa shape index (κ3) is 19.2. The Kier molecular flexibility index (Phi) is 24.9. The van der Waals surface area contributed by atoms with Crippen molar-refractivity contribution in [3.8, 4) is 5.75 Å². The van der Waals surface area contributed by atoms with Crippen molar-refractivity contribution in [3.63, 3.8) is 0 Å². The number of esters is 2. The van der Waals surface area contributed by atoms with Gasteiger partial charge in [0.2, 0.25) is 34.8 Å². The first-order chi connectivity index (χ1) is 22.7. The van der Waals surface area contributed by atoms with Crippen molar-refractivity contribution in [1.29, 1.82) is 0 Å². The lowest BCUT2D eigenvalue weighted by Gasteiger charge is -2.13. The molecule has 0 radical (unpaired) electrons. The average molecular weight is 691 g/mol. The molecule has 1 unspecified atom stereocenters. The summed E-state index contributed by atoms with van der Waals surface area (Å²) in [5.41, 5.74) is 0. The number of hydrogen-bond acceptors (Lipinski definition) is 11. The minimum atomic E-state index is -2.35. The molecule has 11 nitrogen and oxygen atoms in total. The lowest BCUT2D eigenvalue weighted by Crippen LogP contribution is -2.20. The van der Waals surface area contributed by atoms with Gasteiger partial charge in [0.25, 0.3) is 0 Å². The molecular weight excluding hydrogens is 643 g/mol. The highest BCUT2D eigenvalue weighted by atomic mass is 19.2. The van der Waals surface area contributed by atoms with Crippen molar-refractivity contribution in [2.75, 3.05) is 99.1 Å². The van der Waals surface area contributed by atoms with Gasteiger partial charge in [-0.1, -0.05) is 26.7 Å². The molecular formula is C31H47F5O11. The summed E-state index contributed by atoms with van der Waals surface area (Å²) in [6.45, 7) is 8.40. The standard InChI is InChI=1S/C31H47F5O11/c1-3-5-6-23(4-2)31(38)46-22-21-45-20-19-44-18-17-43-16-15-42-14-13-41-12-11-40-10-9-39-8-7-24(37)47-30-28(35)26(33)25(32)27(34)29(30)36/h23H,3-22H2,1-2H3. The summed E-state index contributed by atoms with van der Waals surface area (Å²) in [5, 5.41) is 0. The molecule has 1 aromatic rings. The highest BCUT2D eigenvalue weighted by molar-refractivity contribution is 5.72. The smallest absolute Gasteiger partial charge is 0.313 e. The molecule has 16 heteroatoms. The highest BCUT2D eigenvalue weighted by Crippen LogP contribution is 2.29. The fourth-order valence-corrected chi connectivity index (χ4v) is 3.67. The second-order valence-electron chi connectivity index (χ2n) is 9.82. The molecule has 272 valence electrons. The molecule has 0 aliphatic carbocycles. The van der Waals surface area contributed by atoms with E-state index in [1.54, 1.807) is 0 Å². The molecule has 0 aliphatic heterocycles. The number of ether oxygens (including phenoxy) is 9. The Balaban J connectivity index is 1.83.